The largest absolute Gasteiger partial charge is 0.349 e. The van der Waals surface area contributed by atoms with Gasteiger partial charge in [0.25, 0.3) is 0 Å². The molecule has 0 spiro atoms. The van der Waals surface area contributed by atoms with Crippen LogP contribution in [0.25, 0.3) is 0 Å². The fraction of sp³-hybridized carbons (Fsp3) is 0.500. The van der Waals surface area contributed by atoms with Crippen LogP contribution in [0.1, 0.15) is 49.9 Å². The molecule has 1 rings (SSSR count). The van der Waals surface area contributed by atoms with Crippen molar-refractivity contribution in [1.29, 1.82) is 0 Å². The molecular weight excluding hydrogens is 216 g/mol. The van der Waals surface area contributed by atoms with Gasteiger partial charge in [-0.15, -0.1) is 0 Å². The fourth-order valence-electron chi connectivity index (χ4n) is 1.28. The summed E-state index contributed by atoms with van der Waals surface area (Å²) >= 11 is 0. The van der Waals surface area contributed by atoms with Crippen LogP contribution in [0.4, 0.5) is 0 Å². The highest BCUT2D eigenvalue weighted by atomic mass is 16.7. The van der Waals surface area contributed by atoms with Crippen molar-refractivity contribution in [3.8, 4) is 0 Å². The van der Waals surface area contributed by atoms with Crippen LogP contribution >= 0.6 is 0 Å². The zero-order valence-electron chi connectivity index (χ0n) is 11.1. The number of rotatable bonds is 6. The van der Waals surface area contributed by atoms with E-state index in [1.807, 2.05) is 39.8 Å². The second-order valence-corrected chi connectivity index (χ2v) is 3.03. The fourth-order valence-corrected chi connectivity index (χ4v) is 1.28. The molecule has 0 N–H and O–H groups in total. The molecule has 0 radical (unpaired) electrons. The summed E-state index contributed by atoms with van der Waals surface area (Å²) in [4.78, 5) is 10.5. The molecule has 0 fully saturated rings. The zero-order chi connectivity index (χ0) is 13.1. The van der Waals surface area contributed by atoms with Crippen LogP contribution in [0.15, 0.2) is 24.3 Å². The Balaban J connectivity index is 0.00000121. The molecule has 3 heteroatoms. The molecule has 17 heavy (non-hydrogen) atoms. The van der Waals surface area contributed by atoms with Crippen LogP contribution < -0.4 is 0 Å². The minimum Gasteiger partial charge on any atom is -0.349 e. The van der Waals surface area contributed by atoms with Crippen LogP contribution in [0, 0.1) is 0 Å². The third-order valence-electron chi connectivity index (χ3n) is 1.98. The predicted octanol–water partition coefficient (Wildman–Crippen LogP) is 3.60. The number of ether oxygens (including phenoxy) is 2. The average Bonchev–Trinajstić information content (AvgIpc) is 2.41. The molecule has 0 saturated carbocycles. The first kappa shape index (κ1) is 15.8. The van der Waals surface area contributed by atoms with Crippen molar-refractivity contribution in [2.24, 2.45) is 0 Å². The number of benzene rings is 1. The van der Waals surface area contributed by atoms with Gasteiger partial charge in [-0.1, -0.05) is 38.1 Å². The number of carbonyl (C=O) groups excluding carboxylic acids is 1. The van der Waals surface area contributed by atoms with Crippen molar-refractivity contribution < 1.29 is 14.3 Å². The molecule has 96 valence electrons. The molecule has 0 aromatic heterocycles. The number of aldehydes is 1. The van der Waals surface area contributed by atoms with E-state index in [9.17, 15) is 4.79 Å². The molecule has 0 aliphatic carbocycles. The lowest BCUT2D eigenvalue weighted by Gasteiger charge is -2.17. The molecule has 0 atom stereocenters. The highest BCUT2D eigenvalue weighted by Gasteiger charge is 2.10. The summed E-state index contributed by atoms with van der Waals surface area (Å²) in [5.74, 6) is 0. The van der Waals surface area contributed by atoms with Crippen molar-refractivity contribution in [3.63, 3.8) is 0 Å². The smallest absolute Gasteiger partial charge is 0.183 e. The summed E-state index contributed by atoms with van der Waals surface area (Å²) < 4.78 is 10.9. The summed E-state index contributed by atoms with van der Waals surface area (Å²) in [5.41, 5.74) is 1.59. The van der Waals surface area contributed by atoms with Crippen molar-refractivity contribution >= 4 is 6.29 Å². The van der Waals surface area contributed by atoms with E-state index >= 15 is 0 Å². The van der Waals surface area contributed by atoms with Crippen molar-refractivity contribution in [3.05, 3.63) is 35.4 Å². The lowest BCUT2D eigenvalue weighted by atomic mass is 10.1. The molecule has 1 aromatic rings. The number of carbonyl (C=O) groups is 1. The van der Waals surface area contributed by atoms with E-state index in [2.05, 4.69) is 0 Å². The van der Waals surface area contributed by atoms with Crippen LogP contribution in [-0.2, 0) is 9.47 Å². The number of hydrogen-bond acceptors (Lipinski definition) is 3. The SMILES string of the molecule is CC.CCOC(OCC)c1ccc(C=O)cc1. The van der Waals surface area contributed by atoms with Gasteiger partial charge in [0.15, 0.2) is 6.29 Å². The Bertz CT molecular complexity index is 287. The molecule has 3 nitrogen and oxygen atoms in total. The van der Waals surface area contributed by atoms with Gasteiger partial charge in [0.05, 0.1) is 0 Å². The normalized spacial score (nSPS) is 9.71. The lowest BCUT2D eigenvalue weighted by molar-refractivity contribution is -0.140. The van der Waals surface area contributed by atoms with E-state index in [0.29, 0.717) is 18.8 Å². The highest BCUT2D eigenvalue weighted by Crippen LogP contribution is 2.18. The quantitative estimate of drug-likeness (QED) is 0.561. The molecule has 0 aliphatic rings. The maximum absolute atomic E-state index is 10.5. The van der Waals surface area contributed by atoms with Gasteiger partial charge in [-0.25, -0.2) is 0 Å². The highest BCUT2D eigenvalue weighted by molar-refractivity contribution is 5.74. The van der Waals surface area contributed by atoms with E-state index < -0.39 is 0 Å². The predicted molar refractivity (Wildman–Crippen MR) is 69.2 cm³/mol. The van der Waals surface area contributed by atoms with Gasteiger partial charge in [-0.2, -0.15) is 0 Å². The van der Waals surface area contributed by atoms with Gasteiger partial charge in [-0.3, -0.25) is 4.79 Å². The summed E-state index contributed by atoms with van der Waals surface area (Å²) in [5, 5.41) is 0. The van der Waals surface area contributed by atoms with Gasteiger partial charge in [0, 0.05) is 24.3 Å². The summed E-state index contributed by atoms with van der Waals surface area (Å²) in [6, 6.07) is 7.21. The Kier molecular flexibility index (Phi) is 9.30. The average molecular weight is 238 g/mol. The van der Waals surface area contributed by atoms with Crippen LogP contribution in [0.2, 0.25) is 0 Å². The van der Waals surface area contributed by atoms with E-state index in [0.717, 1.165) is 11.8 Å². The molecule has 0 heterocycles. The maximum atomic E-state index is 10.5. The van der Waals surface area contributed by atoms with Crippen LogP contribution in [-0.4, -0.2) is 19.5 Å². The van der Waals surface area contributed by atoms with Gasteiger partial charge >= 0.3 is 0 Å². The standard InChI is InChI=1S/C12H16O3.C2H6/c1-3-14-12(15-4-2)11-7-5-10(9-13)6-8-11;1-2/h5-9,12H,3-4H2,1-2H3;1-2H3. The van der Waals surface area contributed by atoms with Gasteiger partial charge in [0.1, 0.15) is 6.29 Å². The minimum atomic E-state index is -0.333. The first-order valence-electron chi connectivity index (χ1n) is 6.10. The first-order valence-corrected chi connectivity index (χ1v) is 6.10. The zero-order valence-corrected chi connectivity index (χ0v) is 11.1. The minimum absolute atomic E-state index is 0.333. The van der Waals surface area contributed by atoms with Crippen LogP contribution in [0.5, 0.6) is 0 Å². The topological polar surface area (TPSA) is 35.5 Å². The molecule has 0 amide bonds. The molecule has 0 saturated heterocycles. The third kappa shape index (κ3) is 5.61. The Morgan fingerprint density at radius 1 is 1.06 bits per heavy atom. The second kappa shape index (κ2) is 10.00. The monoisotopic (exact) mass is 238 g/mol. The van der Waals surface area contributed by atoms with Gasteiger partial charge in [0.2, 0.25) is 0 Å². The first-order chi connectivity index (χ1) is 8.31. The Morgan fingerprint density at radius 2 is 1.53 bits per heavy atom. The van der Waals surface area contributed by atoms with Crippen molar-refractivity contribution in [2.75, 3.05) is 13.2 Å². The van der Waals surface area contributed by atoms with E-state index in [4.69, 9.17) is 9.47 Å². The van der Waals surface area contributed by atoms with E-state index in [1.165, 1.54) is 0 Å². The maximum Gasteiger partial charge on any atom is 0.183 e. The Hall–Kier alpha value is -1.19. The van der Waals surface area contributed by atoms with E-state index in [-0.39, 0.29) is 6.29 Å². The molecule has 0 bridgehead atoms. The van der Waals surface area contributed by atoms with Crippen LogP contribution in [0.3, 0.4) is 0 Å². The Morgan fingerprint density at radius 3 is 1.88 bits per heavy atom. The molecular formula is C14H22O3. The summed E-state index contributed by atoms with van der Waals surface area (Å²) in [6.07, 6.45) is 0.487. The molecule has 0 unspecified atom stereocenters. The Labute approximate surface area is 104 Å². The van der Waals surface area contributed by atoms with Crippen molar-refractivity contribution in [2.45, 2.75) is 34.0 Å². The summed E-state index contributed by atoms with van der Waals surface area (Å²) in [6.45, 7) is 9.04. The second-order valence-electron chi connectivity index (χ2n) is 3.03. The lowest BCUT2D eigenvalue weighted by Crippen LogP contribution is -2.08. The third-order valence-corrected chi connectivity index (χ3v) is 1.98. The van der Waals surface area contributed by atoms with Gasteiger partial charge in [-0.05, 0) is 13.8 Å². The molecule has 1 aromatic carbocycles. The summed E-state index contributed by atoms with van der Waals surface area (Å²) in [7, 11) is 0. The van der Waals surface area contributed by atoms with Gasteiger partial charge < -0.3 is 9.47 Å². The van der Waals surface area contributed by atoms with E-state index in [1.54, 1.807) is 12.1 Å². The number of hydrogen-bond donors (Lipinski definition) is 0. The molecule has 0 aliphatic heterocycles. The van der Waals surface area contributed by atoms with Crippen molar-refractivity contribution in [1.82, 2.24) is 0 Å².